The predicted octanol–water partition coefficient (Wildman–Crippen LogP) is 4.04. The number of hydrogen-bond acceptors (Lipinski definition) is 3. The third-order valence-electron chi connectivity index (χ3n) is 2.44. The van der Waals surface area contributed by atoms with Crippen molar-refractivity contribution < 1.29 is 15.0 Å². The van der Waals surface area contributed by atoms with Crippen molar-refractivity contribution >= 4 is 62.5 Å². The van der Waals surface area contributed by atoms with Crippen LogP contribution in [0.1, 0.15) is 10.4 Å². The van der Waals surface area contributed by atoms with Gasteiger partial charge < -0.3 is 15.5 Å². The van der Waals surface area contributed by atoms with E-state index in [1.54, 1.807) is 12.1 Å². The number of carboxylic acids is 1. The maximum Gasteiger partial charge on any atom is 0.335 e. The lowest BCUT2D eigenvalue weighted by atomic mass is 10.2. The lowest BCUT2D eigenvalue weighted by Gasteiger charge is -2.10. The van der Waals surface area contributed by atoms with Gasteiger partial charge in [-0.3, -0.25) is 0 Å². The minimum Gasteiger partial charge on any atom is -0.505 e. The Labute approximate surface area is 137 Å². The summed E-state index contributed by atoms with van der Waals surface area (Å²) < 4.78 is 1.76. The summed E-state index contributed by atoms with van der Waals surface area (Å²) >= 11 is 4.23. The molecule has 0 spiro atoms. The van der Waals surface area contributed by atoms with E-state index in [4.69, 9.17) is 5.11 Å². The SMILES string of the molecule is O=C(O)c1ccc(Nc2cc(I)cc(I)c2O)cc1. The maximum absolute atomic E-state index is 10.8. The van der Waals surface area contributed by atoms with Crippen molar-refractivity contribution in [3.8, 4) is 5.75 Å². The van der Waals surface area contributed by atoms with Crippen LogP contribution in [0.4, 0.5) is 11.4 Å². The first-order valence-corrected chi connectivity index (χ1v) is 7.41. The number of aromatic carboxylic acids is 1. The molecule has 0 saturated carbocycles. The molecule has 0 aliphatic carbocycles. The molecule has 2 aromatic carbocycles. The fourth-order valence-electron chi connectivity index (χ4n) is 1.51. The number of aromatic hydroxyl groups is 1. The summed E-state index contributed by atoms with van der Waals surface area (Å²) in [6.45, 7) is 0. The van der Waals surface area contributed by atoms with Crippen molar-refractivity contribution in [1.29, 1.82) is 0 Å². The molecule has 0 heterocycles. The van der Waals surface area contributed by atoms with Gasteiger partial charge >= 0.3 is 5.97 Å². The van der Waals surface area contributed by atoms with Gasteiger partial charge in [0, 0.05) is 9.26 Å². The van der Waals surface area contributed by atoms with Crippen LogP contribution in [0.25, 0.3) is 0 Å². The van der Waals surface area contributed by atoms with Gasteiger partial charge in [0.2, 0.25) is 0 Å². The zero-order valence-corrected chi connectivity index (χ0v) is 13.8. The van der Waals surface area contributed by atoms with Crippen LogP contribution in [-0.2, 0) is 0 Å². The normalized spacial score (nSPS) is 10.2. The second-order valence-electron chi connectivity index (χ2n) is 3.79. The Morgan fingerprint density at radius 3 is 2.32 bits per heavy atom. The van der Waals surface area contributed by atoms with Crippen LogP contribution in [0.3, 0.4) is 0 Å². The molecule has 0 aromatic heterocycles. The molecule has 0 aliphatic heterocycles. The summed E-state index contributed by atoms with van der Waals surface area (Å²) in [7, 11) is 0. The zero-order chi connectivity index (χ0) is 14.0. The molecule has 0 aliphatic rings. The molecule has 3 N–H and O–H groups in total. The molecule has 0 saturated heterocycles. The third kappa shape index (κ3) is 3.50. The van der Waals surface area contributed by atoms with E-state index in [1.165, 1.54) is 12.1 Å². The largest absolute Gasteiger partial charge is 0.505 e. The molecule has 2 rings (SSSR count). The van der Waals surface area contributed by atoms with Crippen LogP contribution in [0.2, 0.25) is 0 Å². The summed E-state index contributed by atoms with van der Waals surface area (Å²) in [5.41, 5.74) is 1.55. The first kappa shape index (κ1) is 14.4. The summed E-state index contributed by atoms with van der Waals surface area (Å²) in [6, 6.07) is 10.0. The molecule has 6 heteroatoms. The van der Waals surface area contributed by atoms with Gasteiger partial charge in [-0.15, -0.1) is 0 Å². The van der Waals surface area contributed by atoms with E-state index in [0.717, 1.165) is 12.8 Å². The van der Waals surface area contributed by atoms with E-state index in [9.17, 15) is 9.90 Å². The number of benzene rings is 2. The molecule has 19 heavy (non-hydrogen) atoms. The van der Waals surface area contributed by atoms with E-state index in [1.807, 2.05) is 12.1 Å². The molecule has 2 aromatic rings. The highest BCUT2D eigenvalue weighted by Crippen LogP contribution is 2.33. The molecule has 0 bridgehead atoms. The highest BCUT2D eigenvalue weighted by Gasteiger charge is 2.08. The molecule has 0 atom stereocenters. The highest BCUT2D eigenvalue weighted by molar-refractivity contribution is 14.1. The van der Waals surface area contributed by atoms with Crippen molar-refractivity contribution in [1.82, 2.24) is 0 Å². The Hall–Kier alpha value is -1.03. The summed E-state index contributed by atoms with van der Waals surface area (Å²) in [5.74, 6) is -0.776. The van der Waals surface area contributed by atoms with Crippen LogP contribution in [-0.4, -0.2) is 16.2 Å². The van der Waals surface area contributed by atoms with Gasteiger partial charge in [-0.25, -0.2) is 4.79 Å². The molecular formula is C13H9I2NO3. The number of carboxylic acid groups (broad SMARTS) is 1. The van der Waals surface area contributed by atoms with E-state index in [2.05, 4.69) is 50.5 Å². The van der Waals surface area contributed by atoms with Crippen LogP contribution in [0.5, 0.6) is 5.75 Å². The molecule has 0 radical (unpaired) electrons. The summed E-state index contributed by atoms with van der Waals surface area (Å²) in [5, 5.41) is 21.8. The monoisotopic (exact) mass is 481 g/mol. The van der Waals surface area contributed by atoms with Gasteiger partial charge in [-0.05, 0) is 81.6 Å². The van der Waals surface area contributed by atoms with Crippen molar-refractivity contribution in [3.05, 3.63) is 49.1 Å². The quantitative estimate of drug-likeness (QED) is 0.458. The van der Waals surface area contributed by atoms with E-state index in [0.29, 0.717) is 5.69 Å². The number of phenols is 1. The number of hydrogen-bond donors (Lipinski definition) is 3. The maximum atomic E-state index is 10.8. The summed E-state index contributed by atoms with van der Waals surface area (Å²) in [6.07, 6.45) is 0. The smallest absolute Gasteiger partial charge is 0.335 e. The minimum atomic E-state index is -0.960. The van der Waals surface area contributed by atoms with Gasteiger partial charge in [-0.1, -0.05) is 0 Å². The van der Waals surface area contributed by atoms with Gasteiger partial charge in [0.1, 0.15) is 0 Å². The Bertz CT molecular complexity index is 627. The Morgan fingerprint density at radius 2 is 1.74 bits per heavy atom. The number of halogens is 2. The molecular weight excluding hydrogens is 472 g/mol. The van der Waals surface area contributed by atoms with E-state index < -0.39 is 5.97 Å². The second-order valence-corrected chi connectivity index (χ2v) is 6.20. The molecule has 0 amide bonds. The number of anilines is 2. The molecule has 4 nitrogen and oxygen atoms in total. The van der Waals surface area contributed by atoms with Crippen molar-refractivity contribution in [2.24, 2.45) is 0 Å². The van der Waals surface area contributed by atoms with Gasteiger partial charge in [0.25, 0.3) is 0 Å². The predicted molar refractivity (Wildman–Crippen MR) is 90.2 cm³/mol. The number of nitrogens with one attached hydrogen (secondary N) is 1. The van der Waals surface area contributed by atoms with Crippen LogP contribution in [0, 0.1) is 7.14 Å². The highest BCUT2D eigenvalue weighted by atomic mass is 127. The van der Waals surface area contributed by atoms with Gasteiger partial charge in [0.05, 0.1) is 14.8 Å². The minimum absolute atomic E-state index is 0.184. The van der Waals surface area contributed by atoms with Gasteiger partial charge in [-0.2, -0.15) is 0 Å². The van der Waals surface area contributed by atoms with Gasteiger partial charge in [0.15, 0.2) is 5.75 Å². The van der Waals surface area contributed by atoms with Crippen LogP contribution < -0.4 is 5.32 Å². The first-order valence-electron chi connectivity index (χ1n) is 5.26. The van der Waals surface area contributed by atoms with Crippen molar-refractivity contribution in [2.45, 2.75) is 0 Å². The van der Waals surface area contributed by atoms with Crippen molar-refractivity contribution in [2.75, 3.05) is 5.32 Å². The number of carbonyl (C=O) groups is 1. The first-order chi connectivity index (χ1) is 8.97. The topological polar surface area (TPSA) is 69.6 Å². The average molecular weight is 481 g/mol. The second kappa shape index (κ2) is 5.95. The number of phenolic OH excluding ortho intramolecular Hbond substituents is 1. The Balaban J connectivity index is 2.28. The summed E-state index contributed by atoms with van der Waals surface area (Å²) in [4.78, 5) is 10.8. The van der Waals surface area contributed by atoms with E-state index >= 15 is 0 Å². The lowest BCUT2D eigenvalue weighted by Crippen LogP contribution is -1.97. The average Bonchev–Trinajstić information content (AvgIpc) is 2.36. The third-order valence-corrected chi connectivity index (χ3v) is 3.88. The lowest BCUT2D eigenvalue weighted by molar-refractivity contribution is 0.0697. The fraction of sp³-hybridized carbons (Fsp3) is 0. The van der Waals surface area contributed by atoms with Crippen LogP contribution in [0.15, 0.2) is 36.4 Å². The van der Waals surface area contributed by atoms with Crippen molar-refractivity contribution in [3.63, 3.8) is 0 Å². The van der Waals surface area contributed by atoms with Crippen LogP contribution >= 0.6 is 45.2 Å². The zero-order valence-electron chi connectivity index (χ0n) is 9.52. The molecule has 0 unspecified atom stereocenters. The number of rotatable bonds is 3. The Morgan fingerprint density at radius 1 is 1.11 bits per heavy atom. The molecule has 0 fully saturated rings. The molecule has 98 valence electrons. The van der Waals surface area contributed by atoms with E-state index in [-0.39, 0.29) is 11.3 Å². The Kier molecular flexibility index (Phi) is 4.50. The standard InChI is InChI=1S/C13H9I2NO3/c14-8-5-10(15)12(17)11(6-8)16-9-3-1-7(2-4-9)13(18)19/h1-6,16-17H,(H,18,19). The fourth-order valence-corrected chi connectivity index (χ4v) is 3.36.